The van der Waals surface area contributed by atoms with E-state index < -0.39 is 141 Å². The SMILES string of the molecule is CO[C@H]1C[C@H](OO[C@H]2CC[C@@]3(C)C(=CC[C@@]45OC(C)[C@H]6CCC(=O)[C@]6(C)C(C[C@@H]43)O5)C2)O[C@H](C)[C@H]1O[C@H]1C[C@H](OC)[C@H](O[C@H]2C[C@@H](OC)[C@H](O[C@H]3C[C@H](OC)[C@H](O[C@@H]4O[C@H](CO)[C@@H](O)[C@H](O)[C@H]4O)[C@@H](C)O3)[C@@H](C)O2)[C@@H](C)O1. The van der Waals surface area contributed by atoms with Crippen molar-refractivity contribution in [3.8, 4) is 0 Å². The van der Waals surface area contributed by atoms with Gasteiger partial charge in [-0.15, -0.1) is 0 Å². The van der Waals surface area contributed by atoms with E-state index in [0.717, 1.165) is 32.1 Å². The van der Waals surface area contributed by atoms with E-state index in [-0.39, 0.29) is 48.1 Å². The molecule has 0 aromatic carbocycles. The van der Waals surface area contributed by atoms with Crippen LogP contribution in [0.4, 0.5) is 0 Å². The molecular formula is C55H88O22. The number of aliphatic hydroxyl groups excluding tert-OH is 4. The summed E-state index contributed by atoms with van der Waals surface area (Å²) in [6, 6.07) is 0. The van der Waals surface area contributed by atoms with Gasteiger partial charge < -0.3 is 91.5 Å². The van der Waals surface area contributed by atoms with Gasteiger partial charge >= 0.3 is 0 Å². The molecule has 0 amide bonds. The van der Waals surface area contributed by atoms with Gasteiger partial charge in [-0.1, -0.05) is 18.6 Å². The molecule has 4 N–H and O–H groups in total. The summed E-state index contributed by atoms with van der Waals surface area (Å²) >= 11 is 0. The lowest BCUT2D eigenvalue weighted by atomic mass is 9.56. The third kappa shape index (κ3) is 11.0. The minimum atomic E-state index is -1.59. The molecule has 2 bridgehead atoms. The normalized spacial score (nSPS) is 53.0. The first-order valence-electron chi connectivity index (χ1n) is 28.3. The lowest BCUT2D eigenvalue weighted by molar-refractivity contribution is -0.426. The molecule has 10 aliphatic rings. The first-order valence-corrected chi connectivity index (χ1v) is 28.3. The van der Waals surface area contributed by atoms with Crippen LogP contribution in [0.1, 0.15) is 119 Å². The molecule has 22 heteroatoms. The summed E-state index contributed by atoms with van der Waals surface area (Å²) in [6.45, 7) is 13.5. The van der Waals surface area contributed by atoms with Crippen LogP contribution in [0.25, 0.3) is 0 Å². The van der Waals surface area contributed by atoms with Crippen LogP contribution < -0.4 is 0 Å². The Balaban J connectivity index is 0.683. The summed E-state index contributed by atoms with van der Waals surface area (Å²) in [5, 5.41) is 40.8. The number of Topliss-reactive ketones (excluding diaryl/α,β-unsaturated/α-hetero) is 1. The average Bonchev–Trinajstić information content (AvgIpc) is 4.01. The van der Waals surface area contributed by atoms with Crippen molar-refractivity contribution in [2.24, 2.45) is 22.7 Å². The molecule has 0 aromatic heterocycles. The summed E-state index contributed by atoms with van der Waals surface area (Å²) in [5.74, 6) is -0.0539. The quantitative estimate of drug-likeness (QED) is 0.0983. The van der Waals surface area contributed by atoms with Gasteiger partial charge in [-0.25, -0.2) is 9.78 Å². The highest BCUT2D eigenvalue weighted by molar-refractivity contribution is 5.88. The van der Waals surface area contributed by atoms with Crippen molar-refractivity contribution in [3.63, 3.8) is 0 Å². The maximum atomic E-state index is 13.4. The van der Waals surface area contributed by atoms with Crippen molar-refractivity contribution in [3.05, 3.63) is 11.6 Å². The lowest BCUT2D eigenvalue weighted by Gasteiger charge is -2.53. The number of aliphatic hydroxyl groups is 4. The van der Waals surface area contributed by atoms with E-state index in [2.05, 4.69) is 26.8 Å². The van der Waals surface area contributed by atoms with Crippen LogP contribution in [0.2, 0.25) is 0 Å². The minimum absolute atomic E-state index is 0.0465. The lowest BCUT2D eigenvalue weighted by Crippen LogP contribution is -2.62. The molecule has 2 saturated carbocycles. The molecule has 2 unspecified atom stereocenters. The molecule has 10 rings (SSSR count). The highest BCUT2D eigenvalue weighted by Crippen LogP contribution is 2.66. The van der Waals surface area contributed by atoms with Crippen LogP contribution in [-0.2, 0) is 85.6 Å². The van der Waals surface area contributed by atoms with Crippen molar-refractivity contribution in [2.75, 3.05) is 35.0 Å². The Morgan fingerprint density at radius 1 is 0.597 bits per heavy atom. The largest absolute Gasteiger partial charge is 0.394 e. The highest BCUT2D eigenvalue weighted by atomic mass is 17.2. The number of hydrogen-bond donors (Lipinski definition) is 4. The van der Waals surface area contributed by atoms with Gasteiger partial charge in [0, 0.05) is 78.8 Å². The molecule has 3 aliphatic carbocycles. The number of methoxy groups -OCH3 is 4. The van der Waals surface area contributed by atoms with Gasteiger partial charge in [0.25, 0.3) is 0 Å². The molecular weight excluding hydrogens is 1010 g/mol. The van der Waals surface area contributed by atoms with Crippen LogP contribution in [-0.4, -0.2) is 214 Å². The van der Waals surface area contributed by atoms with E-state index in [1.54, 1.807) is 28.3 Å². The fourth-order valence-corrected chi connectivity index (χ4v) is 15.1. The van der Waals surface area contributed by atoms with Gasteiger partial charge in [-0.05, 0) is 79.1 Å². The number of ketones is 1. The van der Waals surface area contributed by atoms with Gasteiger partial charge in [0.1, 0.15) is 54.6 Å². The molecule has 1 spiro atoms. The van der Waals surface area contributed by atoms with E-state index in [4.69, 9.17) is 80.8 Å². The van der Waals surface area contributed by atoms with E-state index in [1.165, 1.54) is 12.7 Å². The summed E-state index contributed by atoms with van der Waals surface area (Å²) in [5.41, 5.74) is 0.692. The molecule has 7 heterocycles. The second-order valence-electron chi connectivity index (χ2n) is 24.0. The number of rotatable bonds is 16. The van der Waals surface area contributed by atoms with Crippen molar-refractivity contribution >= 4 is 5.78 Å². The fourth-order valence-electron chi connectivity index (χ4n) is 15.1. The van der Waals surface area contributed by atoms with Crippen molar-refractivity contribution in [2.45, 2.75) is 272 Å². The summed E-state index contributed by atoms with van der Waals surface area (Å²) in [7, 11) is 6.42. The third-order valence-corrected chi connectivity index (χ3v) is 19.6. The zero-order chi connectivity index (χ0) is 54.9. The molecule has 77 heavy (non-hydrogen) atoms. The van der Waals surface area contributed by atoms with E-state index in [1.807, 2.05) is 20.8 Å². The summed E-state index contributed by atoms with van der Waals surface area (Å²) in [6.07, 6.45) is -7.50. The Hall–Kier alpha value is -1.43. The predicted molar refractivity (Wildman–Crippen MR) is 265 cm³/mol. The Kier molecular flexibility index (Phi) is 18.1. The van der Waals surface area contributed by atoms with Crippen LogP contribution in [0.3, 0.4) is 0 Å². The second kappa shape index (κ2) is 23.7. The minimum Gasteiger partial charge on any atom is -0.394 e. The second-order valence-corrected chi connectivity index (χ2v) is 24.0. The summed E-state index contributed by atoms with van der Waals surface area (Å²) in [4.78, 5) is 25.7. The van der Waals surface area contributed by atoms with Crippen LogP contribution in [0.5, 0.6) is 0 Å². The Morgan fingerprint density at radius 2 is 1.10 bits per heavy atom. The first-order chi connectivity index (χ1) is 36.8. The van der Waals surface area contributed by atoms with Crippen molar-refractivity contribution in [1.82, 2.24) is 0 Å². The van der Waals surface area contributed by atoms with Crippen molar-refractivity contribution in [1.29, 1.82) is 0 Å². The van der Waals surface area contributed by atoms with E-state index in [9.17, 15) is 25.2 Å². The van der Waals surface area contributed by atoms with Crippen molar-refractivity contribution < 1.29 is 106 Å². The summed E-state index contributed by atoms with van der Waals surface area (Å²) < 4.78 is 94.7. The first kappa shape index (κ1) is 58.8. The monoisotopic (exact) mass is 1100 g/mol. The Bertz CT molecular complexity index is 2030. The molecule has 440 valence electrons. The molecule has 0 radical (unpaired) electrons. The number of hydrogen-bond acceptors (Lipinski definition) is 22. The van der Waals surface area contributed by atoms with Gasteiger partial charge in [-0.2, -0.15) is 0 Å². The highest BCUT2D eigenvalue weighted by Gasteiger charge is 2.69. The van der Waals surface area contributed by atoms with E-state index in [0.29, 0.717) is 37.9 Å². The molecule has 22 nitrogen and oxygen atoms in total. The van der Waals surface area contributed by atoms with Crippen LogP contribution in [0, 0.1) is 22.7 Å². The predicted octanol–water partition coefficient (Wildman–Crippen LogP) is 3.27. The smallest absolute Gasteiger partial charge is 0.194 e. The zero-order valence-corrected chi connectivity index (χ0v) is 46.7. The number of carbonyl (C=O) groups is 1. The topological polar surface area (TPSA) is 255 Å². The third-order valence-electron chi connectivity index (χ3n) is 19.6. The fraction of sp³-hybridized carbons (Fsp3) is 0.945. The van der Waals surface area contributed by atoms with Gasteiger partial charge in [0.2, 0.25) is 0 Å². The van der Waals surface area contributed by atoms with Gasteiger partial charge in [0.15, 0.2) is 37.2 Å². The maximum absolute atomic E-state index is 13.4. The van der Waals surface area contributed by atoms with E-state index >= 15 is 0 Å². The van der Waals surface area contributed by atoms with Gasteiger partial charge in [-0.3, -0.25) is 4.79 Å². The van der Waals surface area contributed by atoms with Gasteiger partial charge in [0.05, 0.1) is 79.2 Å². The molecule has 0 aromatic rings. The molecule has 29 atom stereocenters. The standard InChI is InChI=1S/C55H88O22/c1-25-32-12-13-39(57)54(32,7)40-23-38-53(6)16-15-31(18-30(53)14-17-55(38,74-25)75-40)76-77-44-22-36(64-11)50(28(4)68-44)72-42-20-34(62-9)48(26(2)66-42)70-41-19-33(61-8)49(27(3)65-41)71-43-21-35(63-10)51(29(5)67-43)73-52-47(60)46(59)45(58)37(24-56)69-52/h14,25-29,31-38,40-52,56,58-60H,12-13,15-24H2,1-11H3/t25?,26-,27-,28-,29-,31+,32-,33-,34+,35+,36+,37-,38-,40?,41+,42+,43+,44+,45-,46+,47-,48-,49-,50-,51-,52+,53+,54-,55+/m1/s1. The average molecular weight is 1100 g/mol. The number of ether oxygens (including phenoxy) is 15. The zero-order valence-electron chi connectivity index (χ0n) is 46.7. The molecule has 9 fully saturated rings. The Morgan fingerprint density at radius 3 is 1.62 bits per heavy atom. The maximum Gasteiger partial charge on any atom is 0.194 e. The molecule has 7 aliphatic heterocycles. The van der Waals surface area contributed by atoms with Crippen LogP contribution in [0.15, 0.2) is 11.6 Å². The number of carbonyl (C=O) groups excluding carboxylic acids is 1. The Labute approximate surface area is 452 Å². The van der Waals surface area contributed by atoms with Crippen LogP contribution >= 0.6 is 0 Å². The number of fused-ring (bicyclic) bond motifs is 5. The molecule has 7 saturated heterocycles.